The van der Waals surface area contributed by atoms with E-state index >= 15 is 0 Å². The van der Waals surface area contributed by atoms with Gasteiger partial charge < -0.3 is 5.11 Å². The van der Waals surface area contributed by atoms with Gasteiger partial charge >= 0.3 is 0 Å². The fourth-order valence-electron chi connectivity index (χ4n) is 5.58. The van der Waals surface area contributed by atoms with Crippen LogP contribution in [0.25, 0.3) is 33.2 Å². The fourth-order valence-corrected chi connectivity index (χ4v) is 5.58. The van der Waals surface area contributed by atoms with Crippen LogP contribution in [-0.4, -0.2) is 5.11 Å². The molecular formula is C32H38N2O+2. The summed E-state index contributed by atoms with van der Waals surface area (Å²) >= 11 is 0. The Morgan fingerprint density at radius 2 is 1.54 bits per heavy atom. The van der Waals surface area contributed by atoms with Crippen LogP contribution in [0, 0.1) is 0 Å². The molecule has 3 heteroatoms. The second-order valence-corrected chi connectivity index (χ2v) is 10.5. The van der Waals surface area contributed by atoms with Gasteiger partial charge in [-0.2, -0.15) is 4.57 Å². The molecule has 2 aromatic heterocycles. The van der Waals surface area contributed by atoms with Crippen molar-refractivity contribution >= 4 is 10.9 Å². The molecular weight excluding hydrogens is 428 g/mol. The Morgan fingerprint density at radius 3 is 2.26 bits per heavy atom. The van der Waals surface area contributed by atoms with Crippen LogP contribution in [0.15, 0.2) is 67.1 Å². The quantitative estimate of drug-likeness (QED) is 0.296. The van der Waals surface area contributed by atoms with Crippen molar-refractivity contribution in [3.8, 4) is 22.3 Å². The summed E-state index contributed by atoms with van der Waals surface area (Å²) in [5.41, 5.74) is 10.1. The highest BCUT2D eigenvalue weighted by molar-refractivity contribution is 5.99. The Balaban J connectivity index is 1.63. The van der Waals surface area contributed by atoms with Gasteiger partial charge in [0.15, 0.2) is 18.6 Å². The minimum Gasteiger partial charge on any atom is -0.392 e. The highest BCUT2D eigenvalue weighted by Crippen LogP contribution is 2.51. The smallest absolute Gasteiger partial charge is 0.213 e. The summed E-state index contributed by atoms with van der Waals surface area (Å²) in [4.78, 5) is 0. The summed E-state index contributed by atoms with van der Waals surface area (Å²) in [5, 5.41) is 11.1. The van der Waals surface area contributed by atoms with Crippen LogP contribution in [-0.2, 0) is 25.1 Å². The maximum atomic E-state index is 9.79. The number of aryl methyl sites for hydroxylation is 2. The van der Waals surface area contributed by atoms with Crippen LogP contribution in [0.4, 0.5) is 0 Å². The molecule has 0 bridgehead atoms. The van der Waals surface area contributed by atoms with Crippen molar-refractivity contribution < 1.29 is 14.2 Å². The van der Waals surface area contributed by atoms with Gasteiger partial charge in [-0.25, -0.2) is 4.57 Å². The Labute approximate surface area is 209 Å². The largest absolute Gasteiger partial charge is 0.392 e. The first-order chi connectivity index (χ1) is 17.0. The standard InChI is InChI=1S/C32H38N2O/c1-5-7-15-33-17-13-24(14-18-33)25-10-12-26-28(20-25)32(3,4)29-21-34(16-8-6-2)30-19-23(22-35)9-11-27(30)31(26)29/h9-14,17-21,35H,5-8,15-16,22H2,1-4H3/q+2. The van der Waals surface area contributed by atoms with Crippen molar-refractivity contribution in [2.75, 3.05) is 0 Å². The number of nitrogens with zero attached hydrogens (tertiary/aromatic N) is 2. The highest BCUT2D eigenvalue weighted by atomic mass is 16.3. The van der Waals surface area contributed by atoms with E-state index in [-0.39, 0.29) is 12.0 Å². The van der Waals surface area contributed by atoms with Crippen molar-refractivity contribution in [1.29, 1.82) is 0 Å². The van der Waals surface area contributed by atoms with Crippen molar-refractivity contribution in [2.45, 2.75) is 78.5 Å². The normalized spacial score (nSPS) is 13.7. The summed E-state index contributed by atoms with van der Waals surface area (Å²) in [6, 6.07) is 18.0. The lowest BCUT2D eigenvalue weighted by molar-refractivity contribution is -0.697. The van der Waals surface area contributed by atoms with Crippen molar-refractivity contribution in [2.24, 2.45) is 0 Å². The first-order valence-electron chi connectivity index (χ1n) is 13.2. The van der Waals surface area contributed by atoms with E-state index in [0.717, 1.165) is 31.5 Å². The summed E-state index contributed by atoms with van der Waals surface area (Å²) < 4.78 is 4.69. The molecule has 0 saturated carbocycles. The number of hydrogen-bond donors (Lipinski definition) is 1. The molecule has 0 atom stereocenters. The summed E-state index contributed by atoms with van der Waals surface area (Å²) in [6.45, 7) is 11.3. The second-order valence-electron chi connectivity index (χ2n) is 10.5. The Morgan fingerprint density at radius 1 is 0.800 bits per heavy atom. The number of pyridine rings is 2. The molecule has 2 heterocycles. The number of aliphatic hydroxyl groups is 1. The lowest BCUT2D eigenvalue weighted by atomic mass is 9.82. The third kappa shape index (κ3) is 4.16. The average molecular weight is 467 g/mol. The van der Waals surface area contributed by atoms with Crippen molar-refractivity contribution in [1.82, 2.24) is 0 Å². The first-order valence-corrected chi connectivity index (χ1v) is 13.2. The van der Waals surface area contributed by atoms with Crippen LogP contribution in [0.1, 0.15) is 70.1 Å². The van der Waals surface area contributed by atoms with E-state index in [4.69, 9.17) is 0 Å². The molecule has 1 aliphatic rings. The Kier molecular flexibility index (Phi) is 6.46. The number of benzene rings is 2. The minimum atomic E-state index is -0.0751. The van der Waals surface area contributed by atoms with Gasteiger partial charge in [0.05, 0.1) is 12.0 Å². The number of fused-ring (bicyclic) bond motifs is 5. The van der Waals surface area contributed by atoms with E-state index in [2.05, 4.69) is 104 Å². The van der Waals surface area contributed by atoms with E-state index in [9.17, 15) is 5.11 Å². The summed E-state index contributed by atoms with van der Waals surface area (Å²) in [6.07, 6.45) is 11.5. The molecule has 0 amide bonds. The van der Waals surface area contributed by atoms with Crippen LogP contribution in [0.3, 0.4) is 0 Å². The molecule has 3 nitrogen and oxygen atoms in total. The number of unbranched alkanes of at least 4 members (excludes halogenated alkanes) is 2. The average Bonchev–Trinajstić information content (AvgIpc) is 3.12. The van der Waals surface area contributed by atoms with Gasteiger partial charge in [-0.3, -0.25) is 0 Å². The molecule has 180 valence electrons. The molecule has 2 aromatic carbocycles. The van der Waals surface area contributed by atoms with E-state index < -0.39 is 0 Å². The van der Waals surface area contributed by atoms with Gasteiger partial charge in [0.2, 0.25) is 5.52 Å². The zero-order chi connectivity index (χ0) is 24.6. The molecule has 1 N–H and O–H groups in total. The zero-order valence-electron chi connectivity index (χ0n) is 21.6. The molecule has 0 radical (unpaired) electrons. The molecule has 0 spiro atoms. The zero-order valence-corrected chi connectivity index (χ0v) is 21.6. The molecule has 0 unspecified atom stereocenters. The van der Waals surface area contributed by atoms with Gasteiger partial charge in [-0.05, 0) is 39.9 Å². The molecule has 35 heavy (non-hydrogen) atoms. The first kappa shape index (κ1) is 23.7. The Hall–Kier alpha value is -3.04. The fraction of sp³-hybridized carbons (Fsp3) is 0.375. The lowest BCUT2D eigenvalue weighted by Crippen LogP contribution is -2.36. The van der Waals surface area contributed by atoms with Gasteiger partial charge in [0.25, 0.3) is 0 Å². The molecule has 5 rings (SSSR count). The van der Waals surface area contributed by atoms with Crippen LogP contribution >= 0.6 is 0 Å². The van der Waals surface area contributed by atoms with E-state index in [1.165, 1.54) is 57.1 Å². The number of aliphatic hydroxyl groups excluding tert-OH is 1. The Bertz CT molecular complexity index is 1370. The van der Waals surface area contributed by atoms with Crippen LogP contribution in [0.2, 0.25) is 0 Å². The third-order valence-electron chi connectivity index (χ3n) is 7.76. The monoisotopic (exact) mass is 466 g/mol. The van der Waals surface area contributed by atoms with E-state index in [0.29, 0.717) is 0 Å². The van der Waals surface area contributed by atoms with Gasteiger partial charge in [0.1, 0.15) is 13.1 Å². The van der Waals surface area contributed by atoms with E-state index in [1.54, 1.807) is 0 Å². The number of rotatable bonds is 8. The SMILES string of the molecule is CCCC[n+]1ccc(-c2ccc3c(c2)C(C)(C)c2c[n+](CCCC)c4cc(CO)ccc4c2-3)cc1. The lowest BCUT2D eigenvalue weighted by Gasteiger charge is -2.21. The molecule has 0 fully saturated rings. The molecule has 0 aliphatic heterocycles. The molecule has 4 aromatic rings. The predicted octanol–water partition coefficient (Wildman–Crippen LogP) is 6.48. The number of aromatic nitrogens is 2. The van der Waals surface area contributed by atoms with Gasteiger partial charge in [-0.1, -0.05) is 58.7 Å². The predicted molar refractivity (Wildman–Crippen MR) is 143 cm³/mol. The topological polar surface area (TPSA) is 28.0 Å². The second kappa shape index (κ2) is 9.54. The molecule has 0 saturated heterocycles. The van der Waals surface area contributed by atoms with Gasteiger partial charge in [0, 0.05) is 47.6 Å². The summed E-state index contributed by atoms with van der Waals surface area (Å²) in [5.74, 6) is 0. The molecule has 1 aliphatic carbocycles. The minimum absolute atomic E-state index is 0.0712. The van der Waals surface area contributed by atoms with Crippen LogP contribution in [0.5, 0.6) is 0 Å². The maximum Gasteiger partial charge on any atom is 0.213 e. The van der Waals surface area contributed by atoms with E-state index in [1.807, 2.05) is 0 Å². The van der Waals surface area contributed by atoms with Crippen molar-refractivity contribution in [3.63, 3.8) is 0 Å². The number of hydrogen-bond acceptors (Lipinski definition) is 1. The third-order valence-corrected chi connectivity index (χ3v) is 7.76. The summed E-state index contributed by atoms with van der Waals surface area (Å²) in [7, 11) is 0. The van der Waals surface area contributed by atoms with Crippen LogP contribution < -0.4 is 9.13 Å². The van der Waals surface area contributed by atoms with Crippen molar-refractivity contribution in [3.05, 3.63) is 83.8 Å². The maximum absolute atomic E-state index is 9.79. The highest BCUT2D eigenvalue weighted by Gasteiger charge is 2.40. The van der Waals surface area contributed by atoms with Gasteiger partial charge in [-0.15, -0.1) is 0 Å².